The highest BCUT2D eigenvalue weighted by atomic mass is 16.5. The van der Waals surface area contributed by atoms with Gasteiger partial charge in [0.25, 0.3) is 5.56 Å². The molecule has 1 aromatic heterocycles. The van der Waals surface area contributed by atoms with Crippen LogP contribution in [0.15, 0.2) is 4.79 Å². The lowest BCUT2D eigenvalue weighted by Gasteiger charge is -2.31. The lowest BCUT2D eigenvalue weighted by molar-refractivity contribution is -0.0508. The number of rotatable bonds is 2. The quantitative estimate of drug-likeness (QED) is 0.781. The number of aromatic nitrogens is 2. The van der Waals surface area contributed by atoms with Gasteiger partial charge >= 0.3 is 0 Å². The summed E-state index contributed by atoms with van der Waals surface area (Å²) in [6.07, 6.45) is 1.82. The summed E-state index contributed by atoms with van der Waals surface area (Å²) in [5.41, 5.74) is 1.80. The van der Waals surface area contributed by atoms with Gasteiger partial charge < -0.3 is 9.84 Å². The van der Waals surface area contributed by atoms with E-state index < -0.39 is 0 Å². The van der Waals surface area contributed by atoms with Gasteiger partial charge in [0.1, 0.15) is 0 Å². The molecule has 2 unspecified atom stereocenters. The maximum absolute atomic E-state index is 11.5. The van der Waals surface area contributed by atoms with E-state index in [9.17, 15) is 4.79 Å². The van der Waals surface area contributed by atoms with Crippen LogP contribution < -0.4 is 5.56 Å². The fourth-order valence-electron chi connectivity index (χ4n) is 2.13. The molecule has 2 atom stereocenters. The average Bonchev–Trinajstić information content (AvgIpc) is 2.59. The first-order chi connectivity index (χ1) is 7.13. The molecule has 4 nitrogen and oxygen atoms in total. The van der Waals surface area contributed by atoms with E-state index in [0.717, 1.165) is 24.1 Å². The monoisotopic (exact) mass is 210 g/mol. The molecule has 2 N–H and O–H groups in total. The highest BCUT2D eigenvalue weighted by molar-refractivity contribution is 5.22. The van der Waals surface area contributed by atoms with Crippen LogP contribution in [-0.4, -0.2) is 16.3 Å². The number of ether oxygens (including phenoxy) is 1. The van der Waals surface area contributed by atoms with Crippen molar-refractivity contribution in [3.05, 3.63) is 21.6 Å². The van der Waals surface area contributed by atoms with Crippen molar-refractivity contribution in [2.75, 3.05) is 0 Å². The normalized spacial score (nSPS) is 25.6. The molecule has 0 spiro atoms. The Morgan fingerprint density at radius 2 is 2.20 bits per heavy atom. The molecule has 4 heteroatoms. The van der Waals surface area contributed by atoms with Crippen LogP contribution in [-0.2, 0) is 11.2 Å². The Bertz CT molecular complexity index is 392. The van der Waals surface area contributed by atoms with Crippen molar-refractivity contribution in [1.29, 1.82) is 0 Å². The molecule has 84 valence electrons. The highest BCUT2D eigenvalue weighted by Crippen LogP contribution is 2.31. The number of nitrogens with one attached hydrogen (secondary N) is 2. The molecular formula is C11H18N2O2. The minimum Gasteiger partial charge on any atom is -0.369 e. The Morgan fingerprint density at radius 1 is 1.47 bits per heavy atom. The third kappa shape index (κ3) is 1.74. The minimum absolute atomic E-state index is 0.0287. The molecule has 0 amide bonds. The van der Waals surface area contributed by atoms with Gasteiger partial charge in [-0.15, -0.1) is 0 Å². The fourth-order valence-corrected chi connectivity index (χ4v) is 2.13. The van der Waals surface area contributed by atoms with Crippen LogP contribution in [0.2, 0.25) is 0 Å². The molecule has 0 radical (unpaired) electrons. The number of hydrogen-bond acceptors (Lipinski definition) is 2. The fraction of sp³-hybridized carbons (Fsp3) is 0.727. The van der Waals surface area contributed by atoms with Gasteiger partial charge in [-0.05, 0) is 12.3 Å². The molecule has 0 bridgehead atoms. The van der Waals surface area contributed by atoms with E-state index in [4.69, 9.17) is 4.74 Å². The molecule has 1 aromatic rings. The van der Waals surface area contributed by atoms with Gasteiger partial charge in [-0.25, -0.2) is 0 Å². The van der Waals surface area contributed by atoms with E-state index in [0.29, 0.717) is 5.92 Å². The summed E-state index contributed by atoms with van der Waals surface area (Å²) in [6.45, 7) is 6.34. The lowest BCUT2D eigenvalue weighted by Crippen LogP contribution is -2.32. The largest absolute Gasteiger partial charge is 0.369 e. The first-order valence-corrected chi connectivity index (χ1v) is 5.58. The summed E-state index contributed by atoms with van der Waals surface area (Å²) in [5, 5.41) is 5.60. The van der Waals surface area contributed by atoms with Crippen molar-refractivity contribution in [3.8, 4) is 0 Å². The number of fused-ring (bicyclic) bond motifs is 1. The zero-order valence-corrected chi connectivity index (χ0v) is 9.46. The van der Waals surface area contributed by atoms with Crippen LogP contribution in [0.5, 0.6) is 0 Å². The van der Waals surface area contributed by atoms with E-state index in [1.165, 1.54) is 0 Å². The van der Waals surface area contributed by atoms with Gasteiger partial charge in [0.2, 0.25) is 0 Å². The van der Waals surface area contributed by atoms with Gasteiger partial charge in [0.05, 0.1) is 17.8 Å². The molecule has 1 aliphatic heterocycles. The van der Waals surface area contributed by atoms with Gasteiger partial charge in [-0.1, -0.05) is 20.8 Å². The Kier molecular flexibility index (Phi) is 2.69. The summed E-state index contributed by atoms with van der Waals surface area (Å²) in [7, 11) is 0. The second kappa shape index (κ2) is 3.85. The van der Waals surface area contributed by atoms with Crippen molar-refractivity contribution in [2.45, 2.75) is 45.8 Å². The summed E-state index contributed by atoms with van der Waals surface area (Å²) < 4.78 is 5.92. The predicted octanol–water partition coefficient (Wildman–Crippen LogP) is 1.75. The molecule has 1 aliphatic rings. The number of hydrogen-bond donors (Lipinski definition) is 2. The van der Waals surface area contributed by atoms with Gasteiger partial charge in [0, 0.05) is 12.1 Å². The topological polar surface area (TPSA) is 57.9 Å². The van der Waals surface area contributed by atoms with Crippen LogP contribution in [0.1, 0.15) is 44.6 Å². The van der Waals surface area contributed by atoms with Gasteiger partial charge in [-0.3, -0.25) is 9.89 Å². The van der Waals surface area contributed by atoms with Crippen molar-refractivity contribution >= 4 is 0 Å². The molecule has 2 heterocycles. The summed E-state index contributed by atoms with van der Waals surface area (Å²) in [4.78, 5) is 11.5. The summed E-state index contributed by atoms with van der Waals surface area (Å²) >= 11 is 0. The third-order valence-corrected chi connectivity index (χ3v) is 3.08. The van der Waals surface area contributed by atoms with Crippen molar-refractivity contribution in [3.63, 3.8) is 0 Å². The summed E-state index contributed by atoms with van der Waals surface area (Å²) in [6, 6.07) is 0. The Hall–Kier alpha value is -1.03. The van der Waals surface area contributed by atoms with E-state index in [1.807, 2.05) is 6.92 Å². The minimum atomic E-state index is -0.0452. The molecule has 0 aromatic carbocycles. The lowest BCUT2D eigenvalue weighted by atomic mass is 9.94. The standard InChI is InChI=1S/C11H18N2O2/c1-4-8-10-7(12-13-11(10)14)5-9(15-8)6(2)3/h6,8-9H,4-5H2,1-3H3,(H2,12,13,14). The number of H-pyrrole nitrogens is 2. The van der Waals surface area contributed by atoms with Gasteiger partial charge in [-0.2, -0.15) is 0 Å². The van der Waals surface area contributed by atoms with Crippen molar-refractivity contribution in [2.24, 2.45) is 5.92 Å². The SMILES string of the molecule is CCC1OC(C(C)C)Cc2[nH][nH]c(=O)c21. The first kappa shape index (κ1) is 10.5. The van der Waals surface area contributed by atoms with E-state index in [2.05, 4.69) is 24.0 Å². The van der Waals surface area contributed by atoms with Crippen molar-refractivity contribution < 1.29 is 4.74 Å². The Morgan fingerprint density at radius 3 is 2.80 bits per heavy atom. The summed E-state index contributed by atoms with van der Waals surface area (Å²) in [5.74, 6) is 0.477. The molecule has 0 fully saturated rings. The molecule has 2 rings (SSSR count). The third-order valence-electron chi connectivity index (χ3n) is 3.08. The van der Waals surface area contributed by atoms with Crippen LogP contribution in [0.3, 0.4) is 0 Å². The average molecular weight is 210 g/mol. The van der Waals surface area contributed by atoms with E-state index in [-0.39, 0.29) is 17.8 Å². The second-order valence-electron chi connectivity index (χ2n) is 4.49. The van der Waals surface area contributed by atoms with E-state index in [1.54, 1.807) is 0 Å². The zero-order valence-electron chi connectivity index (χ0n) is 9.46. The molecule has 0 aliphatic carbocycles. The van der Waals surface area contributed by atoms with Crippen LogP contribution >= 0.6 is 0 Å². The maximum atomic E-state index is 11.5. The molecular weight excluding hydrogens is 192 g/mol. The van der Waals surface area contributed by atoms with E-state index >= 15 is 0 Å². The van der Waals surface area contributed by atoms with Crippen LogP contribution in [0, 0.1) is 5.92 Å². The zero-order chi connectivity index (χ0) is 11.0. The Labute approximate surface area is 89.0 Å². The number of aromatic amines is 2. The second-order valence-corrected chi connectivity index (χ2v) is 4.49. The molecule has 0 saturated heterocycles. The molecule has 0 saturated carbocycles. The Balaban J connectivity index is 2.35. The van der Waals surface area contributed by atoms with Crippen molar-refractivity contribution in [1.82, 2.24) is 10.2 Å². The highest BCUT2D eigenvalue weighted by Gasteiger charge is 2.31. The first-order valence-electron chi connectivity index (χ1n) is 5.58. The van der Waals surface area contributed by atoms with Crippen LogP contribution in [0.25, 0.3) is 0 Å². The predicted molar refractivity (Wildman–Crippen MR) is 57.9 cm³/mol. The van der Waals surface area contributed by atoms with Gasteiger partial charge in [0.15, 0.2) is 0 Å². The smallest absolute Gasteiger partial charge is 0.269 e. The maximum Gasteiger partial charge on any atom is 0.269 e. The van der Waals surface area contributed by atoms with Crippen LogP contribution in [0.4, 0.5) is 0 Å². The molecule has 15 heavy (non-hydrogen) atoms.